The van der Waals surface area contributed by atoms with Crippen molar-refractivity contribution in [2.45, 2.75) is 59.7 Å². The predicted octanol–water partition coefficient (Wildman–Crippen LogP) is 4.82. The Balaban J connectivity index is 2.82. The van der Waals surface area contributed by atoms with E-state index in [2.05, 4.69) is 92.9 Å². The van der Waals surface area contributed by atoms with Gasteiger partial charge in [-0.1, -0.05) is 35.8 Å². The van der Waals surface area contributed by atoms with Gasteiger partial charge >= 0.3 is 0 Å². The van der Waals surface area contributed by atoms with Gasteiger partial charge in [-0.15, -0.1) is 0 Å². The number of halogens is 1. The molecule has 20 heavy (non-hydrogen) atoms. The minimum atomic E-state index is 0.140. The van der Waals surface area contributed by atoms with E-state index < -0.39 is 0 Å². The number of benzene rings is 1. The number of nitrogens with one attached hydrogen (secondary N) is 1. The first kappa shape index (κ1) is 17.5. The van der Waals surface area contributed by atoms with Crippen molar-refractivity contribution in [1.29, 1.82) is 0 Å². The zero-order chi connectivity index (χ0) is 15.5. The van der Waals surface area contributed by atoms with Crippen LogP contribution in [-0.2, 0) is 6.54 Å². The van der Waals surface area contributed by atoms with Crippen molar-refractivity contribution < 1.29 is 0 Å². The molecule has 0 saturated heterocycles. The van der Waals surface area contributed by atoms with Gasteiger partial charge in [0.25, 0.3) is 0 Å². The van der Waals surface area contributed by atoms with Crippen LogP contribution in [0.15, 0.2) is 22.7 Å². The minimum absolute atomic E-state index is 0.140. The normalized spacial score (nSPS) is 13.7. The number of anilines is 1. The van der Waals surface area contributed by atoms with Gasteiger partial charge in [-0.2, -0.15) is 0 Å². The van der Waals surface area contributed by atoms with Gasteiger partial charge in [-0.05, 0) is 51.3 Å². The Morgan fingerprint density at radius 3 is 2.25 bits per heavy atom. The predicted molar refractivity (Wildman–Crippen MR) is 93.4 cm³/mol. The topological polar surface area (TPSA) is 15.3 Å². The third kappa shape index (κ3) is 5.10. The van der Waals surface area contributed by atoms with E-state index in [1.54, 1.807) is 0 Å². The van der Waals surface area contributed by atoms with Crippen LogP contribution in [0.3, 0.4) is 0 Å². The smallest absolute Gasteiger partial charge is 0.0377 e. The van der Waals surface area contributed by atoms with Crippen molar-refractivity contribution in [3.8, 4) is 0 Å². The first-order valence-electron chi connectivity index (χ1n) is 7.38. The van der Waals surface area contributed by atoms with Crippen molar-refractivity contribution in [1.82, 2.24) is 5.32 Å². The van der Waals surface area contributed by atoms with Crippen LogP contribution in [0, 0.1) is 5.92 Å². The summed E-state index contributed by atoms with van der Waals surface area (Å²) in [5.74, 6) is 0.640. The van der Waals surface area contributed by atoms with E-state index in [4.69, 9.17) is 0 Å². The molecule has 0 amide bonds. The lowest BCUT2D eigenvalue weighted by molar-refractivity contribution is 0.424. The lowest BCUT2D eigenvalue weighted by Gasteiger charge is -2.30. The molecule has 1 atom stereocenters. The quantitative estimate of drug-likeness (QED) is 0.826. The molecule has 3 heteroatoms. The molecular formula is C17H29BrN2. The maximum atomic E-state index is 3.70. The molecule has 0 aromatic heterocycles. The van der Waals surface area contributed by atoms with Gasteiger partial charge in [-0.3, -0.25) is 0 Å². The van der Waals surface area contributed by atoms with Crippen LogP contribution in [-0.4, -0.2) is 18.6 Å². The standard InChI is InChI=1S/C17H29BrN2/c1-12(2)13(3)20(7)15-9-8-14(16(18)10-15)11-19-17(4,5)6/h8-10,12-13,19H,11H2,1-7H3. The Labute approximate surface area is 133 Å². The average molecular weight is 341 g/mol. The van der Waals surface area contributed by atoms with E-state index >= 15 is 0 Å². The van der Waals surface area contributed by atoms with Crippen LogP contribution >= 0.6 is 15.9 Å². The van der Waals surface area contributed by atoms with Gasteiger partial charge in [0, 0.05) is 35.3 Å². The van der Waals surface area contributed by atoms with Gasteiger partial charge in [0.05, 0.1) is 0 Å². The number of hydrogen-bond acceptors (Lipinski definition) is 2. The molecule has 1 unspecified atom stereocenters. The Hall–Kier alpha value is -0.540. The molecule has 0 aliphatic heterocycles. The van der Waals surface area contributed by atoms with Crippen molar-refractivity contribution in [3.63, 3.8) is 0 Å². The monoisotopic (exact) mass is 340 g/mol. The number of hydrogen-bond donors (Lipinski definition) is 1. The highest BCUT2D eigenvalue weighted by Crippen LogP contribution is 2.26. The Morgan fingerprint density at radius 1 is 1.20 bits per heavy atom. The van der Waals surface area contributed by atoms with E-state index in [1.165, 1.54) is 15.7 Å². The summed E-state index contributed by atoms with van der Waals surface area (Å²) in [6.07, 6.45) is 0. The van der Waals surface area contributed by atoms with Crippen LogP contribution in [0.25, 0.3) is 0 Å². The fourth-order valence-corrected chi connectivity index (χ4v) is 2.45. The molecule has 0 radical (unpaired) electrons. The Morgan fingerprint density at radius 2 is 1.80 bits per heavy atom. The molecular weight excluding hydrogens is 312 g/mol. The fourth-order valence-electron chi connectivity index (χ4n) is 1.94. The number of nitrogens with zero attached hydrogens (tertiary/aromatic N) is 1. The SMILES string of the molecule is CC(C)C(C)N(C)c1ccc(CNC(C)(C)C)c(Br)c1. The second-order valence-corrected chi connectivity index (χ2v) is 7.83. The van der Waals surface area contributed by atoms with Crippen molar-refractivity contribution in [3.05, 3.63) is 28.2 Å². The minimum Gasteiger partial charge on any atom is -0.372 e. The van der Waals surface area contributed by atoms with Crippen LogP contribution in [0.2, 0.25) is 0 Å². The highest BCUT2D eigenvalue weighted by atomic mass is 79.9. The molecule has 1 aromatic carbocycles. The molecule has 114 valence electrons. The summed E-state index contributed by atoms with van der Waals surface area (Å²) in [5, 5.41) is 3.53. The van der Waals surface area contributed by atoms with Gasteiger partial charge in [0.2, 0.25) is 0 Å². The zero-order valence-electron chi connectivity index (χ0n) is 13.9. The molecule has 1 aromatic rings. The van der Waals surface area contributed by atoms with Crippen molar-refractivity contribution in [2.75, 3.05) is 11.9 Å². The second kappa shape index (κ2) is 6.95. The average Bonchev–Trinajstić information content (AvgIpc) is 2.34. The maximum absolute atomic E-state index is 3.70. The Bertz CT molecular complexity index is 435. The molecule has 0 aliphatic rings. The summed E-state index contributed by atoms with van der Waals surface area (Å²) in [4.78, 5) is 2.34. The van der Waals surface area contributed by atoms with Crippen molar-refractivity contribution in [2.24, 2.45) is 5.92 Å². The molecule has 0 saturated carbocycles. The molecule has 1 rings (SSSR count). The summed E-state index contributed by atoms with van der Waals surface area (Å²) < 4.78 is 1.18. The summed E-state index contributed by atoms with van der Waals surface area (Å²) >= 11 is 3.70. The van der Waals surface area contributed by atoms with Gasteiger partial charge in [-0.25, -0.2) is 0 Å². The lowest BCUT2D eigenvalue weighted by atomic mass is 10.0. The van der Waals surface area contributed by atoms with Crippen LogP contribution < -0.4 is 10.2 Å². The first-order valence-corrected chi connectivity index (χ1v) is 8.17. The van der Waals surface area contributed by atoms with Crippen molar-refractivity contribution >= 4 is 21.6 Å². The molecule has 0 fully saturated rings. The molecule has 1 N–H and O–H groups in total. The largest absolute Gasteiger partial charge is 0.372 e. The molecule has 0 bridgehead atoms. The number of rotatable bonds is 5. The Kier molecular flexibility index (Phi) is 6.08. The summed E-state index contributed by atoms with van der Waals surface area (Å²) in [6, 6.07) is 7.17. The summed E-state index contributed by atoms with van der Waals surface area (Å²) in [5.41, 5.74) is 2.70. The third-order valence-corrected chi connectivity index (χ3v) is 4.57. The van der Waals surface area contributed by atoms with Gasteiger partial charge in [0.15, 0.2) is 0 Å². The highest BCUT2D eigenvalue weighted by molar-refractivity contribution is 9.10. The lowest BCUT2D eigenvalue weighted by Crippen LogP contribution is -2.35. The van der Waals surface area contributed by atoms with E-state index in [0.717, 1.165) is 6.54 Å². The highest BCUT2D eigenvalue weighted by Gasteiger charge is 2.15. The molecule has 2 nitrogen and oxygen atoms in total. The van der Waals surface area contributed by atoms with Gasteiger partial charge in [0.1, 0.15) is 0 Å². The van der Waals surface area contributed by atoms with Crippen LogP contribution in [0.5, 0.6) is 0 Å². The summed E-state index contributed by atoms with van der Waals surface area (Å²) in [6.45, 7) is 14.2. The fraction of sp³-hybridized carbons (Fsp3) is 0.647. The zero-order valence-corrected chi connectivity index (χ0v) is 15.5. The van der Waals surface area contributed by atoms with E-state index in [9.17, 15) is 0 Å². The second-order valence-electron chi connectivity index (χ2n) is 6.97. The van der Waals surface area contributed by atoms with Crippen LogP contribution in [0.4, 0.5) is 5.69 Å². The molecule has 0 aliphatic carbocycles. The van der Waals surface area contributed by atoms with E-state index in [1.807, 2.05) is 0 Å². The molecule has 0 spiro atoms. The summed E-state index contributed by atoms with van der Waals surface area (Å²) in [7, 11) is 2.17. The third-order valence-electron chi connectivity index (χ3n) is 3.83. The molecule has 0 heterocycles. The van der Waals surface area contributed by atoms with Gasteiger partial charge < -0.3 is 10.2 Å². The van der Waals surface area contributed by atoms with Crippen LogP contribution in [0.1, 0.15) is 47.1 Å². The van der Waals surface area contributed by atoms with E-state index in [-0.39, 0.29) is 5.54 Å². The van der Waals surface area contributed by atoms with E-state index in [0.29, 0.717) is 12.0 Å². The maximum Gasteiger partial charge on any atom is 0.0377 e. The first-order chi connectivity index (χ1) is 9.11.